The van der Waals surface area contributed by atoms with Crippen molar-refractivity contribution in [3.05, 3.63) is 58.0 Å². The molecule has 1 aromatic heterocycles. The van der Waals surface area contributed by atoms with Gasteiger partial charge in [-0.3, -0.25) is 0 Å². The number of thiophene rings is 1. The van der Waals surface area contributed by atoms with Crippen LogP contribution in [-0.4, -0.2) is 11.7 Å². The van der Waals surface area contributed by atoms with E-state index >= 15 is 0 Å². The van der Waals surface area contributed by atoms with Crippen molar-refractivity contribution in [1.29, 1.82) is 0 Å². The molecular weight excluding hydrogens is 289 g/mol. The van der Waals surface area contributed by atoms with E-state index in [9.17, 15) is 9.18 Å². The third-order valence-corrected chi connectivity index (χ3v) is 4.47. The topological polar surface area (TPSA) is 38.7 Å². The molecule has 0 N–H and O–H groups in total. The summed E-state index contributed by atoms with van der Waals surface area (Å²) in [4.78, 5) is 17.2. The van der Waals surface area contributed by atoms with Crippen LogP contribution in [0.15, 0.2) is 46.9 Å². The molecule has 1 saturated carbocycles. The zero-order valence-corrected chi connectivity index (χ0v) is 12.3. The number of benzene rings is 1. The maximum absolute atomic E-state index is 12.9. The Morgan fingerprint density at radius 3 is 2.76 bits per heavy atom. The van der Waals surface area contributed by atoms with Crippen LogP contribution in [0, 0.1) is 11.7 Å². The van der Waals surface area contributed by atoms with E-state index in [-0.39, 0.29) is 11.7 Å². The van der Waals surface area contributed by atoms with Gasteiger partial charge in [-0.2, -0.15) is 0 Å². The van der Waals surface area contributed by atoms with Crippen molar-refractivity contribution < 1.29 is 14.0 Å². The number of hydrogen-bond donors (Lipinski definition) is 0. The highest BCUT2D eigenvalue weighted by molar-refractivity contribution is 7.11. The van der Waals surface area contributed by atoms with Gasteiger partial charge in [-0.15, -0.1) is 11.3 Å². The summed E-state index contributed by atoms with van der Waals surface area (Å²) >= 11 is 1.33. The lowest BCUT2D eigenvalue weighted by Crippen LogP contribution is -2.03. The van der Waals surface area contributed by atoms with Gasteiger partial charge in [0.25, 0.3) is 0 Å². The Morgan fingerprint density at radius 2 is 2.10 bits per heavy atom. The molecule has 0 radical (unpaired) electrons. The Morgan fingerprint density at radius 1 is 1.33 bits per heavy atom. The van der Waals surface area contributed by atoms with Crippen molar-refractivity contribution >= 4 is 23.0 Å². The molecule has 3 rings (SSSR count). The van der Waals surface area contributed by atoms with Crippen LogP contribution in [0.4, 0.5) is 4.39 Å². The molecule has 0 amide bonds. The normalized spacial score (nSPS) is 21.1. The number of carbonyl (C=O) groups is 1. The van der Waals surface area contributed by atoms with Gasteiger partial charge in [0.2, 0.25) is 0 Å². The maximum Gasteiger partial charge on any atom is 0.375 e. The highest BCUT2D eigenvalue weighted by atomic mass is 32.1. The number of nitrogens with zero attached hydrogens (tertiary/aromatic N) is 1. The van der Waals surface area contributed by atoms with Gasteiger partial charge in [0, 0.05) is 5.92 Å². The second-order valence-electron chi connectivity index (χ2n) is 5.09. The fourth-order valence-electron chi connectivity index (χ4n) is 2.36. The van der Waals surface area contributed by atoms with Crippen molar-refractivity contribution in [2.24, 2.45) is 11.1 Å². The first-order valence-electron chi connectivity index (χ1n) is 6.70. The van der Waals surface area contributed by atoms with Crippen LogP contribution in [0.5, 0.6) is 0 Å². The molecule has 21 heavy (non-hydrogen) atoms. The fourth-order valence-corrected chi connectivity index (χ4v) is 2.95. The minimum Gasteiger partial charge on any atom is -0.312 e. The van der Waals surface area contributed by atoms with E-state index in [2.05, 4.69) is 5.16 Å². The van der Waals surface area contributed by atoms with Gasteiger partial charge >= 0.3 is 5.97 Å². The van der Waals surface area contributed by atoms with Crippen LogP contribution in [-0.2, 0) is 4.84 Å². The second kappa shape index (κ2) is 5.77. The van der Waals surface area contributed by atoms with Crippen molar-refractivity contribution in [2.45, 2.75) is 19.3 Å². The summed E-state index contributed by atoms with van der Waals surface area (Å²) in [5.74, 6) is -0.0454. The lowest BCUT2D eigenvalue weighted by Gasteiger charge is -2.01. The van der Waals surface area contributed by atoms with Crippen LogP contribution in [0.3, 0.4) is 0 Å². The molecule has 0 unspecified atom stereocenters. The Kier molecular flexibility index (Phi) is 3.84. The SMILES string of the molecule is C/C(=N/OC(=O)c1cccs1)[C@@H]1C[C@@H]1c1ccc(F)cc1. The second-order valence-corrected chi connectivity index (χ2v) is 6.04. The predicted molar refractivity (Wildman–Crippen MR) is 80.1 cm³/mol. The third-order valence-electron chi connectivity index (χ3n) is 3.62. The van der Waals surface area contributed by atoms with Crippen LogP contribution in [0.1, 0.15) is 34.5 Å². The Bertz CT molecular complexity index is 664. The molecule has 0 spiro atoms. The zero-order chi connectivity index (χ0) is 14.8. The molecule has 5 heteroatoms. The fraction of sp³-hybridized carbons (Fsp3) is 0.250. The van der Waals surface area contributed by atoms with E-state index in [1.807, 2.05) is 12.3 Å². The lowest BCUT2D eigenvalue weighted by molar-refractivity contribution is 0.0520. The molecule has 2 atom stereocenters. The molecule has 1 aliphatic rings. The molecule has 0 bridgehead atoms. The van der Waals surface area contributed by atoms with Crippen molar-refractivity contribution in [1.82, 2.24) is 0 Å². The van der Waals surface area contributed by atoms with Gasteiger partial charge < -0.3 is 4.84 Å². The van der Waals surface area contributed by atoms with Crippen LogP contribution in [0.2, 0.25) is 0 Å². The average Bonchev–Trinajstić information content (AvgIpc) is 3.09. The third kappa shape index (κ3) is 3.19. The van der Waals surface area contributed by atoms with Crippen molar-refractivity contribution in [3.8, 4) is 0 Å². The van der Waals surface area contributed by atoms with E-state index in [1.54, 1.807) is 24.3 Å². The summed E-state index contributed by atoms with van der Waals surface area (Å²) in [6, 6.07) is 10.0. The number of hydrogen-bond acceptors (Lipinski definition) is 4. The molecular formula is C16H14FNO2S. The Balaban J connectivity index is 1.59. The first-order valence-corrected chi connectivity index (χ1v) is 7.58. The predicted octanol–water partition coefficient (Wildman–Crippen LogP) is 4.22. The first kappa shape index (κ1) is 13.9. The average molecular weight is 303 g/mol. The smallest absolute Gasteiger partial charge is 0.312 e. The van der Waals surface area contributed by atoms with E-state index in [4.69, 9.17) is 4.84 Å². The quantitative estimate of drug-likeness (QED) is 0.482. The Hall–Kier alpha value is -2.01. The summed E-state index contributed by atoms with van der Waals surface area (Å²) in [6.45, 7) is 1.86. The highest BCUT2D eigenvalue weighted by Gasteiger charge is 2.40. The van der Waals surface area contributed by atoms with Crippen molar-refractivity contribution in [2.75, 3.05) is 0 Å². The van der Waals surface area contributed by atoms with Crippen molar-refractivity contribution in [3.63, 3.8) is 0 Å². The van der Waals surface area contributed by atoms with E-state index in [1.165, 1.54) is 23.5 Å². The molecule has 2 aromatic rings. The summed E-state index contributed by atoms with van der Waals surface area (Å²) in [5, 5.41) is 5.75. The summed E-state index contributed by atoms with van der Waals surface area (Å²) < 4.78 is 12.9. The molecule has 108 valence electrons. The number of carbonyl (C=O) groups excluding carboxylic acids is 1. The molecule has 1 fully saturated rings. The molecule has 1 heterocycles. The van der Waals surface area contributed by atoms with Crippen LogP contribution >= 0.6 is 11.3 Å². The minimum absolute atomic E-state index is 0.230. The molecule has 0 saturated heterocycles. The maximum atomic E-state index is 12.9. The zero-order valence-electron chi connectivity index (χ0n) is 11.5. The lowest BCUT2D eigenvalue weighted by atomic mass is 10.1. The number of oxime groups is 1. The number of rotatable bonds is 4. The summed E-state index contributed by atoms with van der Waals surface area (Å²) in [5.41, 5.74) is 1.90. The van der Waals surface area contributed by atoms with Crippen LogP contribution < -0.4 is 0 Å². The van der Waals surface area contributed by atoms with Crippen LogP contribution in [0.25, 0.3) is 0 Å². The summed E-state index contributed by atoms with van der Waals surface area (Å²) in [7, 11) is 0. The molecule has 3 nitrogen and oxygen atoms in total. The number of halogens is 1. The van der Waals surface area contributed by atoms with E-state index in [0.29, 0.717) is 10.8 Å². The highest BCUT2D eigenvalue weighted by Crippen LogP contribution is 2.48. The monoisotopic (exact) mass is 303 g/mol. The standard InChI is InChI=1S/C16H14FNO2S/c1-10(18-20-16(19)15-3-2-8-21-15)13-9-14(13)11-4-6-12(17)7-5-11/h2-8,13-14H,9H2,1H3/b18-10-/t13-,14+/m0/s1. The van der Waals surface area contributed by atoms with Gasteiger partial charge in [0.15, 0.2) is 0 Å². The van der Waals surface area contributed by atoms with Gasteiger partial charge in [-0.05, 0) is 48.4 Å². The molecule has 1 aliphatic carbocycles. The first-order chi connectivity index (χ1) is 10.1. The molecule has 1 aromatic carbocycles. The van der Waals surface area contributed by atoms with Gasteiger partial charge in [-0.1, -0.05) is 23.4 Å². The Labute approximate surface area is 126 Å². The van der Waals surface area contributed by atoms with Gasteiger partial charge in [-0.25, -0.2) is 9.18 Å². The minimum atomic E-state index is -0.427. The summed E-state index contributed by atoms with van der Waals surface area (Å²) in [6.07, 6.45) is 0.956. The van der Waals surface area contributed by atoms with Gasteiger partial charge in [0.1, 0.15) is 10.7 Å². The van der Waals surface area contributed by atoms with Gasteiger partial charge in [0.05, 0.1) is 5.71 Å². The molecule has 0 aliphatic heterocycles. The van der Waals surface area contributed by atoms with E-state index in [0.717, 1.165) is 17.7 Å². The van der Waals surface area contributed by atoms with E-state index < -0.39 is 5.97 Å². The largest absolute Gasteiger partial charge is 0.375 e.